The average molecular weight is 280 g/mol. The smallest absolute Gasteiger partial charge is 0.276 e. The molecular weight excluding hydrogens is 260 g/mol. The molecule has 0 saturated heterocycles. The van der Waals surface area contributed by atoms with Gasteiger partial charge in [-0.05, 0) is 26.2 Å². The second-order valence-electron chi connectivity index (χ2n) is 4.96. The van der Waals surface area contributed by atoms with Crippen molar-refractivity contribution in [3.8, 4) is 11.5 Å². The van der Waals surface area contributed by atoms with Gasteiger partial charge in [0, 0.05) is 12.1 Å². The molecule has 1 aromatic rings. The minimum absolute atomic E-state index is 0.0152. The van der Waals surface area contributed by atoms with Gasteiger partial charge in [0.15, 0.2) is 0 Å². The first-order chi connectivity index (χ1) is 9.60. The van der Waals surface area contributed by atoms with Gasteiger partial charge in [0.05, 0.1) is 23.7 Å². The van der Waals surface area contributed by atoms with E-state index in [1.807, 2.05) is 6.92 Å². The Bertz CT molecular complexity index is 478. The van der Waals surface area contributed by atoms with E-state index in [1.54, 1.807) is 6.07 Å². The van der Waals surface area contributed by atoms with E-state index in [2.05, 4.69) is 0 Å². The van der Waals surface area contributed by atoms with E-state index in [0.29, 0.717) is 18.1 Å². The number of non-ortho nitro benzene ring substituents is 1. The number of ether oxygens (including phenoxy) is 2. The average Bonchev–Trinajstić information content (AvgIpc) is 2.41. The van der Waals surface area contributed by atoms with Crippen LogP contribution in [0.2, 0.25) is 0 Å². The maximum atomic E-state index is 10.9. The van der Waals surface area contributed by atoms with Crippen LogP contribution in [0.5, 0.6) is 11.5 Å². The van der Waals surface area contributed by atoms with E-state index in [0.717, 1.165) is 25.7 Å². The molecule has 6 heteroatoms. The predicted molar refractivity (Wildman–Crippen MR) is 75.1 cm³/mol. The number of nitrogens with two attached hydrogens (primary N) is 1. The number of nitro groups is 1. The van der Waals surface area contributed by atoms with Gasteiger partial charge in [0.2, 0.25) is 0 Å². The quantitative estimate of drug-likeness (QED) is 0.661. The van der Waals surface area contributed by atoms with Gasteiger partial charge in [-0.3, -0.25) is 10.1 Å². The number of nitrogens with zero attached hydrogens (tertiary/aromatic N) is 1. The highest BCUT2D eigenvalue weighted by Crippen LogP contribution is 2.30. The van der Waals surface area contributed by atoms with Crippen LogP contribution in [0.1, 0.15) is 32.6 Å². The van der Waals surface area contributed by atoms with Gasteiger partial charge < -0.3 is 15.2 Å². The van der Waals surface area contributed by atoms with Crippen LogP contribution in [0.15, 0.2) is 18.2 Å². The molecule has 0 heterocycles. The molecule has 1 saturated carbocycles. The molecule has 2 unspecified atom stereocenters. The van der Waals surface area contributed by atoms with Crippen molar-refractivity contribution in [2.45, 2.75) is 44.8 Å². The molecule has 2 N–H and O–H groups in total. The standard InChI is InChI=1S/C14H20N2O4/c1-2-19-11-7-10(16(17)18)8-12(9-11)20-14-6-4-3-5-13(14)15/h7-9,13-14H,2-6,15H2,1H3. The zero-order valence-corrected chi connectivity index (χ0v) is 11.6. The molecule has 2 atom stereocenters. The zero-order chi connectivity index (χ0) is 14.5. The molecule has 1 fully saturated rings. The zero-order valence-electron chi connectivity index (χ0n) is 11.6. The molecule has 110 valence electrons. The molecule has 2 rings (SSSR count). The first kappa shape index (κ1) is 14.6. The summed E-state index contributed by atoms with van der Waals surface area (Å²) < 4.78 is 11.2. The Kier molecular flexibility index (Phi) is 4.79. The third kappa shape index (κ3) is 3.60. The fourth-order valence-corrected chi connectivity index (χ4v) is 2.43. The normalized spacial score (nSPS) is 22.3. The van der Waals surface area contributed by atoms with E-state index >= 15 is 0 Å². The molecule has 1 aliphatic carbocycles. The van der Waals surface area contributed by atoms with Crippen LogP contribution in [-0.4, -0.2) is 23.7 Å². The molecule has 1 aromatic carbocycles. The Balaban J connectivity index is 2.18. The SMILES string of the molecule is CCOc1cc(OC2CCCCC2N)cc([N+](=O)[O-])c1. The summed E-state index contributed by atoms with van der Waals surface area (Å²) in [7, 11) is 0. The molecule has 0 radical (unpaired) electrons. The van der Waals surface area contributed by atoms with Crippen molar-refractivity contribution in [3.63, 3.8) is 0 Å². The molecule has 0 spiro atoms. The Morgan fingerprint density at radius 3 is 2.65 bits per heavy atom. The van der Waals surface area contributed by atoms with E-state index < -0.39 is 4.92 Å². The Hall–Kier alpha value is -1.82. The molecule has 0 bridgehead atoms. The molecule has 0 aromatic heterocycles. The summed E-state index contributed by atoms with van der Waals surface area (Å²) >= 11 is 0. The van der Waals surface area contributed by atoms with Gasteiger partial charge in [-0.25, -0.2) is 0 Å². The summed E-state index contributed by atoms with van der Waals surface area (Å²) in [6.07, 6.45) is 3.91. The van der Waals surface area contributed by atoms with Gasteiger partial charge in [-0.2, -0.15) is 0 Å². The highest BCUT2D eigenvalue weighted by Gasteiger charge is 2.24. The van der Waals surface area contributed by atoms with E-state index in [4.69, 9.17) is 15.2 Å². The summed E-state index contributed by atoms with van der Waals surface area (Å²) in [5.41, 5.74) is 6.00. The number of hydrogen-bond acceptors (Lipinski definition) is 5. The van der Waals surface area contributed by atoms with Crippen LogP contribution >= 0.6 is 0 Å². The molecule has 0 aliphatic heterocycles. The number of nitro benzene ring substituents is 1. The van der Waals surface area contributed by atoms with Crippen LogP contribution in [0.3, 0.4) is 0 Å². The van der Waals surface area contributed by atoms with Gasteiger partial charge in [-0.1, -0.05) is 6.42 Å². The lowest BCUT2D eigenvalue weighted by Crippen LogP contribution is -2.41. The molecule has 0 amide bonds. The highest BCUT2D eigenvalue weighted by atomic mass is 16.6. The number of benzene rings is 1. The van der Waals surface area contributed by atoms with E-state index in [-0.39, 0.29) is 17.8 Å². The van der Waals surface area contributed by atoms with Crippen molar-refractivity contribution in [3.05, 3.63) is 28.3 Å². The maximum Gasteiger partial charge on any atom is 0.276 e. The van der Waals surface area contributed by atoms with Gasteiger partial charge in [0.1, 0.15) is 17.6 Å². The lowest BCUT2D eigenvalue weighted by Gasteiger charge is -2.29. The van der Waals surface area contributed by atoms with Crippen molar-refractivity contribution in [1.29, 1.82) is 0 Å². The van der Waals surface area contributed by atoms with Crippen molar-refractivity contribution in [1.82, 2.24) is 0 Å². The van der Waals surface area contributed by atoms with E-state index in [9.17, 15) is 10.1 Å². The summed E-state index contributed by atoms with van der Waals surface area (Å²) in [4.78, 5) is 10.5. The van der Waals surface area contributed by atoms with E-state index in [1.165, 1.54) is 12.1 Å². The van der Waals surface area contributed by atoms with Crippen LogP contribution in [0.25, 0.3) is 0 Å². The van der Waals surface area contributed by atoms with Gasteiger partial charge in [0.25, 0.3) is 5.69 Å². The topological polar surface area (TPSA) is 87.6 Å². The monoisotopic (exact) mass is 280 g/mol. The molecule has 1 aliphatic rings. The first-order valence-corrected chi connectivity index (χ1v) is 6.94. The van der Waals surface area contributed by atoms with Gasteiger partial charge in [-0.15, -0.1) is 0 Å². The summed E-state index contributed by atoms with van der Waals surface area (Å²) in [6.45, 7) is 2.28. The second kappa shape index (κ2) is 6.56. The maximum absolute atomic E-state index is 10.9. The van der Waals surface area contributed by atoms with Crippen LogP contribution in [0.4, 0.5) is 5.69 Å². The van der Waals surface area contributed by atoms with Crippen molar-refractivity contribution in [2.24, 2.45) is 5.73 Å². The minimum Gasteiger partial charge on any atom is -0.493 e. The van der Waals surface area contributed by atoms with Crippen LogP contribution in [0, 0.1) is 10.1 Å². The van der Waals surface area contributed by atoms with Crippen molar-refractivity contribution >= 4 is 5.69 Å². The lowest BCUT2D eigenvalue weighted by molar-refractivity contribution is -0.385. The lowest BCUT2D eigenvalue weighted by atomic mass is 9.93. The Morgan fingerprint density at radius 1 is 1.30 bits per heavy atom. The highest BCUT2D eigenvalue weighted by molar-refractivity contribution is 5.46. The molecular formula is C14H20N2O4. The first-order valence-electron chi connectivity index (χ1n) is 6.94. The Morgan fingerprint density at radius 2 is 2.00 bits per heavy atom. The third-order valence-corrected chi connectivity index (χ3v) is 3.43. The predicted octanol–water partition coefficient (Wildman–Crippen LogP) is 2.64. The number of hydrogen-bond donors (Lipinski definition) is 1. The van der Waals surface area contributed by atoms with Crippen molar-refractivity contribution < 1.29 is 14.4 Å². The second-order valence-corrected chi connectivity index (χ2v) is 4.96. The molecule has 20 heavy (non-hydrogen) atoms. The summed E-state index contributed by atoms with van der Waals surface area (Å²) in [6, 6.07) is 4.48. The minimum atomic E-state index is -0.448. The summed E-state index contributed by atoms with van der Waals surface area (Å²) in [5.74, 6) is 0.895. The van der Waals surface area contributed by atoms with Crippen molar-refractivity contribution in [2.75, 3.05) is 6.61 Å². The molecule has 6 nitrogen and oxygen atoms in total. The van der Waals surface area contributed by atoms with Crippen LogP contribution < -0.4 is 15.2 Å². The largest absolute Gasteiger partial charge is 0.493 e. The van der Waals surface area contributed by atoms with Crippen LogP contribution in [-0.2, 0) is 0 Å². The fraction of sp³-hybridized carbons (Fsp3) is 0.571. The fourth-order valence-electron chi connectivity index (χ4n) is 2.43. The third-order valence-electron chi connectivity index (χ3n) is 3.43. The summed E-state index contributed by atoms with van der Waals surface area (Å²) in [5, 5.41) is 10.9. The Labute approximate surface area is 118 Å². The van der Waals surface area contributed by atoms with Gasteiger partial charge >= 0.3 is 0 Å². The number of rotatable bonds is 5.